The molecule has 0 radical (unpaired) electrons. The van der Waals surface area contributed by atoms with Gasteiger partial charge in [0.25, 0.3) is 0 Å². The summed E-state index contributed by atoms with van der Waals surface area (Å²) in [6.07, 6.45) is 4.37. The highest BCUT2D eigenvalue weighted by Gasteiger charge is 2.11. The van der Waals surface area contributed by atoms with E-state index < -0.39 is 6.10 Å². The first-order valence-electron chi connectivity index (χ1n) is 5.14. The summed E-state index contributed by atoms with van der Waals surface area (Å²) >= 11 is 0. The Morgan fingerprint density at radius 2 is 1.88 bits per heavy atom. The van der Waals surface area contributed by atoms with Crippen LogP contribution in [0.15, 0.2) is 48.1 Å². The second-order valence-corrected chi connectivity index (χ2v) is 3.77. The number of aliphatic hydroxyl groups excluding tert-OH is 1. The van der Waals surface area contributed by atoms with Gasteiger partial charge >= 0.3 is 0 Å². The van der Waals surface area contributed by atoms with E-state index in [-0.39, 0.29) is 0 Å². The summed E-state index contributed by atoms with van der Waals surface area (Å²) in [4.78, 5) is 0. The predicted molar refractivity (Wildman–Crippen MR) is 68.7 cm³/mol. The van der Waals surface area contributed by atoms with Gasteiger partial charge in [0.05, 0.1) is 0 Å². The minimum Gasteiger partial charge on any atom is -0.376 e. The number of benzene rings is 1. The quantitative estimate of drug-likeness (QED) is 0.603. The standard InChI is InChI=1S/C15H16O/c1-5-14(16)12(4)15(11(2)3)13-9-7-6-8-10-13/h1,6-10,14,16H,2H2,3-4H3/b15-12+. The van der Waals surface area contributed by atoms with Crippen molar-refractivity contribution in [3.8, 4) is 12.3 Å². The van der Waals surface area contributed by atoms with E-state index >= 15 is 0 Å². The number of terminal acetylenes is 1. The maximum absolute atomic E-state index is 9.67. The van der Waals surface area contributed by atoms with Crippen molar-refractivity contribution in [2.24, 2.45) is 0 Å². The van der Waals surface area contributed by atoms with Gasteiger partial charge in [0.2, 0.25) is 0 Å². The van der Waals surface area contributed by atoms with Gasteiger partial charge in [-0.25, -0.2) is 0 Å². The van der Waals surface area contributed by atoms with Crippen molar-refractivity contribution < 1.29 is 5.11 Å². The summed E-state index contributed by atoms with van der Waals surface area (Å²) in [5.74, 6) is 2.33. The molecule has 0 saturated heterocycles. The fraction of sp³-hybridized carbons (Fsp3) is 0.200. The summed E-state index contributed by atoms with van der Waals surface area (Å²) in [6.45, 7) is 7.68. The number of hydrogen-bond acceptors (Lipinski definition) is 1. The van der Waals surface area contributed by atoms with Crippen molar-refractivity contribution in [2.75, 3.05) is 0 Å². The van der Waals surface area contributed by atoms with Crippen molar-refractivity contribution in [3.05, 3.63) is 53.6 Å². The molecule has 1 unspecified atom stereocenters. The molecule has 0 spiro atoms. The lowest BCUT2D eigenvalue weighted by molar-refractivity contribution is 0.269. The van der Waals surface area contributed by atoms with Crippen molar-refractivity contribution in [3.63, 3.8) is 0 Å². The molecule has 0 aliphatic rings. The molecule has 0 fully saturated rings. The molecule has 0 heterocycles. The number of rotatable bonds is 3. The lowest BCUT2D eigenvalue weighted by Gasteiger charge is -2.14. The van der Waals surface area contributed by atoms with Crippen LogP contribution < -0.4 is 0 Å². The predicted octanol–water partition coefficient (Wildman–Crippen LogP) is 3.03. The summed E-state index contributed by atoms with van der Waals surface area (Å²) < 4.78 is 0. The van der Waals surface area contributed by atoms with Crippen molar-refractivity contribution >= 4 is 5.57 Å². The SMILES string of the molecule is C#CC(O)/C(C)=C(\C(=C)C)c1ccccc1. The van der Waals surface area contributed by atoms with Crippen LogP contribution in [-0.4, -0.2) is 11.2 Å². The maximum Gasteiger partial charge on any atom is 0.136 e. The molecule has 1 aromatic carbocycles. The van der Waals surface area contributed by atoms with Crippen LogP contribution in [0.2, 0.25) is 0 Å². The molecule has 82 valence electrons. The normalized spacial score (nSPS) is 13.6. The van der Waals surface area contributed by atoms with Gasteiger partial charge in [0, 0.05) is 0 Å². The Morgan fingerprint density at radius 3 is 2.31 bits per heavy atom. The van der Waals surface area contributed by atoms with Gasteiger partial charge in [0.15, 0.2) is 0 Å². The smallest absolute Gasteiger partial charge is 0.136 e. The molecule has 0 aliphatic carbocycles. The molecule has 0 amide bonds. The van der Waals surface area contributed by atoms with Crippen LogP contribution in [-0.2, 0) is 0 Å². The maximum atomic E-state index is 9.67. The van der Waals surface area contributed by atoms with Gasteiger partial charge in [-0.1, -0.05) is 48.4 Å². The second-order valence-electron chi connectivity index (χ2n) is 3.77. The Morgan fingerprint density at radius 1 is 1.31 bits per heavy atom. The molecule has 1 aromatic rings. The van der Waals surface area contributed by atoms with Crippen LogP contribution in [0.3, 0.4) is 0 Å². The van der Waals surface area contributed by atoms with E-state index in [0.717, 1.165) is 22.3 Å². The van der Waals surface area contributed by atoms with E-state index in [0.29, 0.717) is 0 Å². The van der Waals surface area contributed by atoms with E-state index in [4.69, 9.17) is 6.42 Å². The zero-order chi connectivity index (χ0) is 12.1. The van der Waals surface area contributed by atoms with Crippen molar-refractivity contribution in [1.82, 2.24) is 0 Å². The Bertz CT molecular complexity index is 446. The average Bonchev–Trinajstić information content (AvgIpc) is 2.29. The fourth-order valence-corrected chi connectivity index (χ4v) is 1.68. The largest absolute Gasteiger partial charge is 0.376 e. The highest BCUT2D eigenvalue weighted by atomic mass is 16.3. The van der Waals surface area contributed by atoms with Crippen molar-refractivity contribution in [1.29, 1.82) is 0 Å². The van der Waals surface area contributed by atoms with E-state index in [1.165, 1.54) is 0 Å². The minimum atomic E-state index is -0.855. The first-order chi connectivity index (χ1) is 7.57. The molecule has 0 saturated carbocycles. The molecule has 1 rings (SSSR count). The molecular formula is C15H16O. The van der Waals surface area contributed by atoms with Crippen LogP contribution in [0.1, 0.15) is 19.4 Å². The second kappa shape index (κ2) is 5.34. The molecule has 0 bridgehead atoms. The Hall–Kier alpha value is -1.78. The van der Waals surface area contributed by atoms with Gasteiger partial charge in [-0.05, 0) is 30.6 Å². The van der Waals surface area contributed by atoms with Gasteiger partial charge < -0.3 is 5.11 Å². The summed E-state index contributed by atoms with van der Waals surface area (Å²) in [5.41, 5.74) is 3.63. The summed E-state index contributed by atoms with van der Waals surface area (Å²) in [7, 11) is 0. The summed E-state index contributed by atoms with van der Waals surface area (Å²) in [6, 6.07) is 9.82. The van der Waals surface area contributed by atoms with Gasteiger partial charge in [0.1, 0.15) is 6.10 Å². The topological polar surface area (TPSA) is 20.2 Å². The Kier molecular flexibility index (Phi) is 4.10. The third kappa shape index (κ3) is 2.62. The fourth-order valence-electron chi connectivity index (χ4n) is 1.68. The van der Waals surface area contributed by atoms with E-state index in [1.54, 1.807) is 0 Å². The number of hydrogen-bond donors (Lipinski definition) is 1. The number of allylic oxidation sites excluding steroid dienone is 2. The van der Waals surface area contributed by atoms with Gasteiger partial charge in [-0.2, -0.15) is 0 Å². The monoisotopic (exact) mass is 212 g/mol. The highest BCUT2D eigenvalue weighted by Crippen LogP contribution is 2.26. The minimum absolute atomic E-state index is 0.765. The van der Waals surface area contributed by atoms with Crippen LogP contribution in [0.4, 0.5) is 0 Å². The first-order valence-corrected chi connectivity index (χ1v) is 5.14. The first kappa shape index (κ1) is 12.3. The molecule has 1 N–H and O–H groups in total. The van der Waals surface area contributed by atoms with Crippen LogP contribution in [0.5, 0.6) is 0 Å². The van der Waals surface area contributed by atoms with Gasteiger partial charge in [-0.3, -0.25) is 0 Å². The molecule has 1 nitrogen and oxygen atoms in total. The molecule has 16 heavy (non-hydrogen) atoms. The van der Waals surface area contributed by atoms with Gasteiger partial charge in [-0.15, -0.1) is 6.42 Å². The van der Waals surface area contributed by atoms with Crippen LogP contribution >= 0.6 is 0 Å². The molecular weight excluding hydrogens is 196 g/mol. The zero-order valence-corrected chi connectivity index (χ0v) is 9.70. The summed E-state index contributed by atoms with van der Waals surface area (Å²) in [5, 5.41) is 9.67. The van der Waals surface area contributed by atoms with E-state index in [9.17, 15) is 5.11 Å². The zero-order valence-electron chi connectivity index (χ0n) is 9.70. The highest BCUT2D eigenvalue weighted by molar-refractivity contribution is 5.80. The Balaban J connectivity index is 3.32. The molecule has 1 atom stereocenters. The van der Waals surface area contributed by atoms with Crippen LogP contribution in [0.25, 0.3) is 5.57 Å². The molecule has 1 heteroatoms. The third-order valence-corrected chi connectivity index (χ3v) is 2.45. The third-order valence-electron chi connectivity index (χ3n) is 2.45. The van der Waals surface area contributed by atoms with Crippen LogP contribution in [0, 0.1) is 12.3 Å². The van der Waals surface area contributed by atoms with E-state index in [1.807, 2.05) is 44.2 Å². The lowest BCUT2D eigenvalue weighted by atomic mass is 9.93. The van der Waals surface area contributed by atoms with E-state index in [2.05, 4.69) is 12.5 Å². The lowest BCUT2D eigenvalue weighted by Crippen LogP contribution is -2.07. The Labute approximate surface area is 97.1 Å². The van der Waals surface area contributed by atoms with Crippen molar-refractivity contribution in [2.45, 2.75) is 20.0 Å². The molecule has 0 aliphatic heterocycles. The molecule has 0 aromatic heterocycles. The average molecular weight is 212 g/mol. The number of aliphatic hydroxyl groups is 1.